The number of ketones is 1. The van der Waals surface area contributed by atoms with Crippen LogP contribution in [0.1, 0.15) is 17.4 Å². The number of Topliss-reactive ketones (excluding diaryl/α,β-unsaturated/α-hetero) is 1. The van der Waals surface area contributed by atoms with E-state index in [0.717, 1.165) is 0 Å². The molecule has 0 aromatic carbocycles. The summed E-state index contributed by atoms with van der Waals surface area (Å²) in [5.74, 6) is -0.979. The number of alkyl halides is 3. The van der Waals surface area contributed by atoms with Crippen molar-refractivity contribution in [1.82, 2.24) is 4.98 Å². The molecule has 0 aliphatic carbocycles. The van der Waals surface area contributed by atoms with Gasteiger partial charge in [0, 0.05) is 6.20 Å². The number of carbonyl (C=O) groups is 1. The fraction of sp³-hybridized carbons (Fsp3) is 0.333. The molecule has 0 radical (unpaired) electrons. The van der Waals surface area contributed by atoms with Crippen LogP contribution in [-0.2, 0) is 0 Å². The second kappa shape index (κ2) is 4.47. The Morgan fingerprint density at radius 2 is 2.07 bits per heavy atom. The van der Waals surface area contributed by atoms with E-state index in [9.17, 15) is 4.79 Å². The summed E-state index contributed by atoms with van der Waals surface area (Å²) in [5.41, 5.74) is 0.311. The molecule has 2 nitrogen and oxygen atoms in total. The SMILES string of the molecule is CC(C(=O)c1ccccn1)C(Cl)(Cl)Cl. The molecule has 0 aliphatic heterocycles. The number of carbonyl (C=O) groups excluding carboxylic acids is 1. The fourth-order valence-electron chi connectivity index (χ4n) is 0.879. The Hall–Kier alpha value is -0.310. The summed E-state index contributed by atoms with van der Waals surface area (Å²) >= 11 is 16.8. The quantitative estimate of drug-likeness (QED) is 0.597. The summed E-state index contributed by atoms with van der Waals surface area (Å²) < 4.78 is -1.59. The highest BCUT2D eigenvalue weighted by Gasteiger charge is 2.35. The molecule has 0 saturated carbocycles. The van der Waals surface area contributed by atoms with E-state index in [4.69, 9.17) is 34.8 Å². The van der Waals surface area contributed by atoms with Crippen molar-refractivity contribution in [3.63, 3.8) is 0 Å². The van der Waals surface area contributed by atoms with E-state index in [1.54, 1.807) is 25.1 Å². The molecule has 1 aromatic rings. The van der Waals surface area contributed by atoms with Crippen LogP contribution in [0.25, 0.3) is 0 Å². The second-order valence-corrected chi connectivity index (χ2v) is 5.21. The molecule has 76 valence electrons. The first-order valence-electron chi connectivity index (χ1n) is 3.95. The zero-order valence-corrected chi connectivity index (χ0v) is 9.64. The average Bonchev–Trinajstić information content (AvgIpc) is 2.15. The highest BCUT2D eigenvalue weighted by molar-refractivity contribution is 6.68. The summed E-state index contributed by atoms with van der Waals surface area (Å²) in [6.45, 7) is 1.56. The lowest BCUT2D eigenvalue weighted by molar-refractivity contribution is 0.0926. The van der Waals surface area contributed by atoms with Crippen LogP contribution in [0.15, 0.2) is 24.4 Å². The molecule has 0 bridgehead atoms. The van der Waals surface area contributed by atoms with Gasteiger partial charge in [-0.3, -0.25) is 9.78 Å². The molecule has 0 N–H and O–H groups in total. The van der Waals surface area contributed by atoms with Gasteiger partial charge in [-0.25, -0.2) is 0 Å². The monoisotopic (exact) mass is 251 g/mol. The maximum absolute atomic E-state index is 11.7. The Morgan fingerprint density at radius 3 is 2.50 bits per heavy atom. The molecule has 0 spiro atoms. The van der Waals surface area contributed by atoms with Crippen molar-refractivity contribution < 1.29 is 4.79 Å². The van der Waals surface area contributed by atoms with Gasteiger partial charge in [-0.05, 0) is 12.1 Å². The molecule has 5 heteroatoms. The highest BCUT2D eigenvalue weighted by Crippen LogP contribution is 2.36. The first-order chi connectivity index (χ1) is 6.43. The maximum atomic E-state index is 11.7. The van der Waals surface area contributed by atoms with Crippen molar-refractivity contribution in [3.05, 3.63) is 30.1 Å². The van der Waals surface area contributed by atoms with Crippen molar-refractivity contribution in [3.8, 4) is 0 Å². The maximum Gasteiger partial charge on any atom is 0.200 e. The lowest BCUT2D eigenvalue weighted by Crippen LogP contribution is -2.25. The standard InChI is InChI=1S/C9H8Cl3NO/c1-6(9(10,11)12)8(14)7-4-2-3-5-13-7/h2-6H,1H3. The van der Waals surface area contributed by atoms with E-state index in [1.807, 2.05) is 0 Å². The Bertz CT molecular complexity index is 321. The number of hydrogen-bond acceptors (Lipinski definition) is 2. The van der Waals surface area contributed by atoms with Crippen LogP contribution in [0.4, 0.5) is 0 Å². The zero-order chi connectivity index (χ0) is 10.8. The molecule has 1 aromatic heterocycles. The number of aromatic nitrogens is 1. The number of halogens is 3. The van der Waals surface area contributed by atoms with E-state index >= 15 is 0 Å². The molecular formula is C9H8Cl3NO. The van der Waals surface area contributed by atoms with E-state index in [2.05, 4.69) is 4.98 Å². The zero-order valence-electron chi connectivity index (χ0n) is 7.38. The molecule has 0 aliphatic rings. The molecule has 0 saturated heterocycles. The Balaban J connectivity index is 2.87. The van der Waals surface area contributed by atoms with Crippen LogP contribution >= 0.6 is 34.8 Å². The number of pyridine rings is 1. The Kier molecular flexibility index (Phi) is 3.76. The predicted molar refractivity (Wildman–Crippen MR) is 58.0 cm³/mol. The lowest BCUT2D eigenvalue weighted by atomic mass is 10.1. The van der Waals surface area contributed by atoms with Gasteiger partial charge >= 0.3 is 0 Å². The molecule has 1 atom stereocenters. The third-order valence-electron chi connectivity index (χ3n) is 1.80. The predicted octanol–water partition coefficient (Wildman–Crippen LogP) is 3.27. The van der Waals surface area contributed by atoms with Crippen LogP contribution in [0.5, 0.6) is 0 Å². The molecule has 1 unspecified atom stereocenters. The molecule has 1 rings (SSSR count). The number of nitrogens with zero attached hydrogens (tertiary/aromatic N) is 1. The molecular weight excluding hydrogens is 244 g/mol. The van der Waals surface area contributed by atoms with Gasteiger partial charge in [-0.1, -0.05) is 47.8 Å². The van der Waals surface area contributed by atoms with E-state index < -0.39 is 9.71 Å². The number of hydrogen-bond donors (Lipinski definition) is 0. The number of rotatable bonds is 2. The molecule has 0 amide bonds. The van der Waals surface area contributed by atoms with Crippen molar-refractivity contribution >= 4 is 40.6 Å². The third-order valence-corrected chi connectivity index (χ3v) is 2.78. The highest BCUT2D eigenvalue weighted by atomic mass is 35.6. The topological polar surface area (TPSA) is 30.0 Å². The van der Waals surface area contributed by atoms with Crippen molar-refractivity contribution in [2.75, 3.05) is 0 Å². The van der Waals surface area contributed by atoms with Crippen LogP contribution in [0, 0.1) is 5.92 Å². The van der Waals surface area contributed by atoms with Crippen molar-refractivity contribution in [2.24, 2.45) is 5.92 Å². The van der Waals surface area contributed by atoms with Crippen molar-refractivity contribution in [1.29, 1.82) is 0 Å². The van der Waals surface area contributed by atoms with Gasteiger partial charge in [0.15, 0.2) is 9.58 Å². The normalized spacial score (nSPS) is 13.7. The van der Waals surface area contributed by atoms with Gasteiger partial charge in [0.05, 0.1) is 5.92 Å². The van der Waals surface area contributed by atoms with E-state index in [-0.39, 0.29) is 5.78 Å². The minimum Gasteiger partial charge on any atom is -0.292 e. The summed E-state index contributed by atoms with van der Waals surface area (Å²) in [6.07, 6.45) is 1.53. The third kappa shape index (κ3) is 2.84. The van der Waals surface area contributed by atoms with Crippen LogP contribution in [0.2, 0.25) is 0 Å². The van der Waals surface area contributed by atoms with Crippen LogP contribution in [-0.4, -0.2) is 14.6 Å². The summed E-state index contributed by atoms with van der Waals surface area (Å²) in [7, 11) is 0. The Labute approximate surface area is 97.2 Å². The fourth-order valence-corrected chi connectivity index (χ4v) is 1.18. The second-order valence-electron chi connectivity index (χ2n) is 2.84. The van der Waals surface area contributed by atoms with Crippen LogP contribution in [0.3, 0.4) is 0 Å². The van der Waals surface area contributed by atoms with Crippen molar-refractivity contribution in [2.45, 2.75) is 10.7 Å². The average molecular weight is 253 g/mol. The minimum absolute atomic E-state index is 0.273. The van der Waals surface area contributed by atoms with Gasteiger partial charge in [0.25, 0.3) is 0 Å². The van der Waals surface area contributed by atoms with Gasteiger partial charge in [-0.2, -0.15) is 0 Å². The Morgan fingerprint density at radius 1 is 1.43 bits per heavy atom. The van der Waals surface area contributed by atoms with E-state index in [0.29, 0.717) is 5.69 Å². The summed E-state index contributed by atoms with van der Waals surface area (Å²) in [6, 6.07) is 5.03. The first-order valence-corrected chi connectivity index (χ1v) is 5.08. The van der Waals surface area contributed by atoms with E-state index in [1.165, 1.54) is 6.20 Å². The van der Waals surface area contributed by atoms with Gasteiger partial charge < -0.3 is 0 Å². The largest absolute Gasteiger partial charge is 0.292 e. The smallest absolute Gasteiger partial charge is 0.200 e. The minimum atomic E-state index is -1.59. The van der Waals surface area contributed by atoms with Crippen LogP contribution < -0.4 is 0 Å². The summed E-state index contributed by atoms with van der Waals surface area (Å²) in [4.78, 5) is 15.6. The van der Waals surface area contributed by atoms with Gasteiger partial charge in [-0.15, -0.1) is 0 Å². The van der Waals surface area contributed by atoms with Gasteiger partial charge in [0.2, 0.25) is 0 Å². The molecule has 1 heterocycles. The van der Waals surface area contributed by atoms with Gasteiger partial charge in [0.1, 0.15) is 5.69 Å². The summed E-state index contributed by atoms with van der Waals surface area (Å²) in [5, 5.41) is 0. The lowest BCUT2D eigenvalue weighted by Gasteiger charge is -2.17. The molecule has 14 heavy (non-hydrogen) atoms. The molecule has 0 fully saturated rings. The first kappa shape index (κ1) is 11.8.